The smallest absolute Gasteiger partial charge is 0.234 e. The van der Waals surface area contributed by atoms with Crippen LogP contribution in [0.25, 0.3) is 16.8 Å². The predicted molar refractivity (Wildman–Crippen MR) is 122 cm³/mol. The summed E-state index contributed by atoms with van der Waals surface area (Å²) in [7, 11) is 3.14. The molecule has 4 rings (SSSR count). The maximum Gasteiger partial charge on any atom is 0.234 e. The summed E-state index contributed by atoms with van der Waals surface area (Å²) in [4.78, 5) is 17.0. The number of ether oxygens (including phenoxy) is 2. The molecule has 158 valence electrons. The number of thioether (sulfide) groups is 1. The molecule has 0 radical (unpaired) electrons. The molecule has 0 aliphatic carbocycles. The Labute approximate surface area is 184 Å². The Bertz CT molecular complexity index is 1200. The lowest BCUT2D eigenvalue weighted by atomic mass is 10.1. The number of hydrogen-bond acceptors (Lipinski definition) is 6. The predicted octanol–water partition coefficient (Wildman–Crippen LogP) is 4.45. The van der Waals surface area contributed by atoms with Crippen LogP contribution < -0.4 is 14.8 Å². The number of nitrogens with zero attached hydrogens (tertiary/aromatic N) is 3. The monoisotopic (exact) mass is 434 g/mol. The molecule has 2 aromatic heterocycles. The largest absolute Gasteiger partial charge is 0.497 e. The Morgan fingerprint density at radius 2 is 1.77 bits per heavy atom. The van der Waals surface area contributed by atoms with Crippen molar-refractivity contribution in [2.45, 2.75) is 11.9 Å². The number of amides is 1. The van der Waals surface area contributed by atoms with Crippen molar-refractivity contribution in [3.8, 4) is 22.8 Å². The normalized spacial score (nSPS) is 10.8. The van der Waals surface area contributed by atoms with Crippen LogP contribution in [0.4, 0.5) is 5.69 Å². The minimum Gasteiger partial charge on any atom is -0.497 e. The Morgan fingerprint density at radius 1 is 1.06 bits per heavy atom. The molecule has 0 unspecified atom stereocenters. The molecule has 7 nitrogen and oxygen atoms in total. The molecular weight excluding hydrogens is 412 g/mol. The number of fused-ring (bicyclic) bond motifs is 1. The highest BCUT2D eigenvalue weighted by Crippen LogP contribution is 2.28. The summed E-state index contributed by atoms with van der Waals surface area (Å²) in [6.07, 6.45) is 3.49. The summed E-state index contributed by atoms with van der Waals surface area (Å²) in [5.74, 6) is 1.27. The van der Waals surface area contributed by atoms with E-state index < -0.39 is 0 Å². The topological polar surface area (TPSA) is 77.8 Å². The lowest BCUT2D eigenvalue weighted by Gasteiger charge is -2.10. The van der Waals surface area contributed by atoms with Gasteiger partial charge in [0.25, 0.3) is 0 Å². The Balaban J connectivity index is 1.49. The number of carbonyl (C=O) groups is 1. The van der Waals surface area contributed by atoms with Crippen molar-refractivity contribution in [1.82, 2.24) is 14.6 Å². The fraction of sp³-hybridized carbons (Fsp3) is 0.174. The number of nitrogens with one attached hydrogen (secondary N) is 1. The molecule has 1 amide bonds. The van der Waals surface area contributed by atoms with Crippen LogP contribution in [0.15, 0.2) is 66.0 Å². The van der Waals surface area contributed by atoms with E-state index in [-0.39, 0.29) is 11.7 Å². The van der Waals surface area contributed by atoms with E-state index in [1.165, 1.54) is 17.3 Å². The molecule has 31 heavy (non-hydrogen) atoms. The highest BCUT2D eigenvalue weighted by atomic mass is 32.2. The zero-order valence-corrected chi connectivity index (χ0v) is 18.3. The van der Waals surface area contributed by atoms with Crippen LogP contribution in [-0.4, -0.2) is 40.5 Å². The Hall–Kier alpha value is -3.52. The van der Waals surface area contributed by atoms with Crippen LogP contribution >= 0.6 is 11.8 Å². The molecule has 0 saturated heterocycles. The third kappa shape index (κ3) is 4.80. The van der Waals surface area contributed by atoms with Crippen LogP contribution in [0.5, 0.6) is 11.5 Å². The molecule has 0 aliphatic heterocycles. The van der Waals surface area contributed by atoms with Gasteiger partial charge in [-0.3, -0.25) is 4.79 Å². The van der Waals surface area contributed by atoms with Gasteiger partial charge in [-0.05, 0) is 13.0 Å². The molecule has 2 aromatic carbocycles. The number of rotatable bonds is 7. The number of aromatic nitrogens is 3. The second-order valence-electron chi connectivity index (χ2n) is 6.90. The minimum absolute atomic E-state index is 0.151. The first-order chi connectivity index (χ1) is 15.1. The molecule has 4 aromatic rings. The van der Waals surface area contributed by atoms with Crippen LogP contribution in [-0.2, 0) is 4.79 Å². The van der Waals surface area contributed by atoms with E-state index in [9.17, 15) is 4.79 Å². The number of anilines is 1. The van der Waals surface area contributed by atoms with E-state index in [4.69, 9.17) is 9.47 Å². The van der Waals surface area contributed by atoms with Crippen LogP contribution in [0.3, 0.4) is 0 Å². The second kappa shape index (κ2) is 9.09. The molecule has 0 fully saturated rings. The molecule has 8 heteroatoms. The molecule has 2 heterocycles. The van der Waals surface area contributed by atoms with E-state index in [1.807, 2.05) is 18.2 Å². The molecule has 0 atom stereocenters. The van der Waals surface area contributed by atoms with Crippen molar-refractivity contribution < 1.29 is 14.3 Å². The van der Waals surface area contributed by atoms with Gasteiger partial charge in [0.15, 0.2) is 0 Å². The molecule has 0 bridgehead atoms. The van der Waals surface area contributed by atoms with E-state index in [0.717, 1.165) is 21.8 Å². The van der Waals surface area contributed by atoms with E-state index >= 15 is 0 Å². The highest BCUT2D eigenvalue weighted by molar-refractivity contribution is 8.00. The fourth-order valence-electron chi connectivity index (χ4n) is 3.09. The van der Waals surface area contributed by atoms with Crippen molar-refractivity contribution in [2.75, 3.05) is 25.3 Å². The number of benzene rings is 2. The number of aryl methyl sites for hydroxylation is 1. The minimum atomic E-state index is -0.151. The summed E-state index contributed by atoms with van der Waals surface area (Å²) < 4.78 is 12.3. The zero-order valence-electron chi connectivity index (χ0n) is 17.5. The maximum atomic E-state index is 12.5. The standard InChI is InChI=1S/C23H22N4O3S/c1-15-4-6-16(7-5-15)20-13-21-23(24-8-9-27(21)26-20)31-14-22(28)25-17-10-18(29-2)12-19(11-17)30-3/h4-13H,14H2,1-3H3,(H,25,28). The number of methoxy groups -OCH3 is 2. The maximum absolute atomic E-state index is 12.5. The van der Waals surface area contributed by atoms with Crippen molar-refractivity contribution in [3.63, 3.8) is 0 Å². The second-order valence-corrected chi connectivity index (χ2v) is 7.86. The van der Waals surface area contributed by atoms with Crippen molar-refractivity contribution >= 4 is 28.9 Å². The third-order valence-electron chi connectivity index (χ3n) is 4.68. The average Bonchev–Trinajstić information content (AvgIpc) is 3.22. The molecular formula is C23H22N4O3S. The summed E-state index contributed by atoms with van der Waals surface area (Å²) in [5, 5.41) is 8.26. The quantitative estimate of drug-likeness (QED) is 0.433. The van der Waals surface area contributed by atoms with E-state index in [1.54, 1.807) is 49.3 Å². The summed E-state index contributed by atoms with van der Waals surface area (Å²) >= 11 is 1.36. The molecule has 0 saturated carbocycles. The van der Waals surface area contributed by atoms with Gasteiger partial charge in [0.1, 0.15) is 16.5 Å². The van der Waals surface area contributed by atoms with Crippen LogP contribution in [0.1, 0.15) is 5.56 Å². The SMILES string of the molecule is COc1cc(NC(=O)CSc2nccn3nc(-c4ccc(C)cc4)cc23)cc(OC)c1. The Kier molecular flexibility index (Phi) is 6.08. The summed E-state index contributed by atoms with van der Waals surface area (Å²) in [5.41, 5.74) is 4.57. The first-order valence-corrected chi connectivity index (χ1v) is 10.6. The van der Waals surface area contributed by atoms with Crippen molar-refractivity contribution in [3.05, 3.63) is 66.5 Å². The van der Waals surface area contributed by atoms with Crippen LogP contribution in [0, 0.1) is 6.92 Å². The van der Waals surface area contributed by atoms with Crippen molar-refractivity contribution in [1.29, 1.82) is 0 Å². The first kappa shape index (κ1) is 20.7. The van der Waals surface area contributed by atoms with Gasteiger partial charge in [0.2, 0.25) is 5.91 Å². The molecule has 1 N–H and O–H groups in total. The number of carbonyl (C=O) groups excluding carboxylic acids is 1. The van der Waals surface area contributed by atoms with E-state index in [2.05, 4.69) is 34.5 Å². The van der Waals surface area contributed by atoms with Gasteiger partial charge in [-0.25, -0.2) is 9.50 Å². The highest BCUT2D eigenvalue weighted by Gasteiger charge is 2.12. The number of hydrogen-bond donors (Lipinski definition) is 1. The molecule has 0 spiro atoms. The average molecular weight is 435 g/mol. The lowest BCUT2D eigenvalue weighted by molar-refractivity contribution is -0.113. The van der Waals surface area contributed by atoms with Gasteiger partial charge in [0.05, 0.1) is 31.2 Å². The van der Waals surface area contributed by atoms with Gasteiger partial charge in [-0.2, -0.15) is 5.10 Å². The van der Waals surface area contributed by atoms with Gasteiger partial charge in [0, 0.05) is 41.8 Å². The van der Waals surface area contributed by atoms with Crippen LogP contribution in [0.2, 0.25) is 0 Å². The third-order valence-corrected chi connectivity index (χ3v) is 5.67. The van der Waals surface area contributed by atoms with Gasteiger partial charge < -0.3 is 14.8 Å². The van der Waals surface area contributed by atoms with E-state index in [0.29, 0.717) is 17.2 Å². The zero-order chi connectivity index (χ0) is 21.8. The van der Waals surface area contributed by atoms with Crippen molar-refractivity contribution in [2.24, 2.45) is 0 Å². The van der Waals surface area contributed by atoms with Gasteiger partial charge >= 0.3 is 0 Å². The fourth-order valence-corrected chi connectivity index (χ4v) is 3.86. The summed E-state index contributed by atoms with van der Waals surface area (Å²) in [6.45, 7) is 2.05. The van der Waals surface area contributed by atoms with Gasteiger partial charge in [-0.1, -0.05) is 41.6 Å². The first-order valence-electron chi connectivity index (χ1n) is 9.63. The van der Waals surface area contributed by atoms with Gasteiger partial charge in [-0.15, -0.1) is 0 Å². The molecule has 0 aliphatic rings. The Morgan fingerprint density at radius 3 is 2.45 bits per heavy atom. The summed E-state index contributed by atoms with van der Waals surface area (Å²) in [6, 6.07) is 15.5. The lowest BCUT2D eigenvalue weighted by Crippen LogP contribution is -2.14.